The standard InChI is InChI=1S/C13H22N4O2/c1-10(18)15-11-8-12(17(4)9-11)13(19)14-6-5-7-16(2)3/h8-9H,5-7H2,1-4H3,(H,14,19)(H,15,18). The molecule has 0 saturated heterocycles. The first-order valence-corrected chi connectivity index (χ1v) is 6.27. The predicted molar refractivity (Wildman–Crippen MR) is 75.2 cm³/mol. The van der Waals surface area contributed by atoms with E-state index in [0.29, 0.717) is 17.9 Å². The minimum Gasteiger partial charge on any atom is -0.351 e. The van der Waals surface area contributed by atoms with Crippen molar-refractivity contribution in [3.8, 4) is 0 Å². The third-order valence-electron chi connectivity index (χ3n) is 2.63. The highest BCUT2D eigenvalue weighted by Gasteiger charge is 2.11. The fourth-order valence-corrected chi connectivity index (χ4v) is 1.75. The van der Waals surface area contributed by atoms with Gasteiger partial charge in [-0.15, -0.1) is 0 Å². The van der Waals surface area contributed by atoms with Gasteiger partial charge in [0.1, 0.15) is 5.69 Å². The van der Waals surface area contributed by atoms with Gasteiger partial charge in [0.25, 0.3) is 5.91 Å². The second-order valence-electron chi connectivity index (χ2n) is 4.82. The highest BCUT2D eigenvalue weighted by molar-refractivity contribution is 5.96. The number of hydrogen-bond donors (Lipinski definition) is 2. The van der Waals surface area contributed by atoms with Crippen LogP contribution >= 0.6 is 0 Å². The van der Waals surface area contributed by atoms with Crippen LogP contribution in [0.5, 0.6) is 0 Å². The fraction of sp³-hybridized carbons (Fsp3) is 0.538. The second-order valence-corrected chi connectivity index (χ2v) is 4.82. The van der Waals surface area contributed by atoms with Crippen molar-refractivity contribution in [1.82, 2.24) is 14.8 Å². The molecule has 6 heteroatoms. The normalized spacial score (nSPS) is 10.6. The molecule has 0 unspecified atom stereocenters. The molecular formula is C13H22N4O2. The highest BCUT2D eigenvalue weighted by Crippen LogP contribution is 2.12. The van der Waals surface area contributed by atoms with E-state index in [-0.39, 0.29) is 11.8 Å². The van der Waals surface area contributed by atoms with Crippen molar-refractivity contribution in [3.63, 3.8) is 0 Å². The van der Waals surface area contributed by atoms with E-state index in [1.165, 1.54) is 6.92 Å². The van der Waals surface area contributed by atoms with E-state index >= 15 is 0 Å². The molecule has 19 heavy (non-hydrogen) atoms. The SMILES string of the molecule is CC(=O)Nc1cc(C(=O)NCCCN(C)C)n(C)c1. The van der Waals surface area contributed by atoms with E-state index < -0.39 is 0 Å². The Morgan fingerprint density at radius 2 is 2.05 bits per heavy atom. The van der Waals surface area contributed by atoms with Crippen LogP contribution in [0.3, 0.4) is 0 Å². The topological polar surface area (TPSA) is 66.4 Å². The summed E-state index contributed by atoms with van der Waals surface area (Å²) < 4.78 is 1.70. The summed E-state index contributed by atoms with van der Waals surface area (Å²) in [5, 5.41) is 5.52. The van der Waals surface area contributed by atoms with E-state index in [1.54, 1.807) is 23.9 Å². The molecule has 0 saturated carbocycles. The lowest BCUT2D eigenvalue weighted by molar-refractivity contribution is -0.114. The number of aryl methyl sites for hydroxylation is 1. The Morgan fingerprint density at radius 3 is 2.63 bits per heavy atom. The molecular weight excluding hydrogens is 244 g/mol. The van der Waals surface area contributed by atoms with Crippen molar-refractivity contribution >= 4 is 17.5 Å². The van der Waals surface area contributed by atoms with Gasteiger partial charge in [-0.2, -0.15) is 0 Å². The van der Waals surface area contributed by atoms with E-state index in [2.05, 4.69) is 15.5 Å². The summed E-state index contributed by atoms with van der Waals surface area (Å²) >= 11 is 0. The number of rotatable bonds is 6. The monoisotopic (exact) mass is 266 g/mol. The van der Waals surface area contributed by atoms with E-state index in [0.717, 1.165) is 13.0 Å². The molecule has 0 aliphatic heterocycles. The van der Waals surface area contributed by atoms with Crippen LogP contribution in [0.4, 0.5) is 5.69 Å². The molecule has 0 atom stereocenters. The number of nitrogens with one attached hydrogen (secondary N) is 2. The number of carbonyl (C=O) groups is 2. The quantitative estimate of drug-likeness (QED) is 0.744. The van der Waals surface area contributed by atoms with Crippen molar-refractivity contribution in [3.05, 3.63) is 18.0 Å². The van der Waals surface area contributed by atoms with E-state index in [4.69, 9.17) is 0 Å². The zero-order chi connectivity index (χ0) is 14.4. The molecule has 1 aromatic rings. The van der Waals surface area contributed by atoms with Gasteiger partial charge in [-0.3, -0.25) is 9.59 Å². The third-order valence-corrected chi connectivity index (χ3v) is 2.63. The highest BCUT2D eigenvalue weighted by atomic mass is 16.2. The second kappa shape index (κ2) is 6.94. The average Bonchev–Trinajstić information content (AvgIpc) is 2.64. The summed E-state index contributed by atoms with van der Waals surface area (Å²) in [6.45, 7) is 3.01. The summed E-state index contributed by atoms with van der Waals surface area (Å²) in [5.74, 6) is -0.276. The number of nitrogens with zero attached hydrogens (tertiary/aromatic N) is 2. The van der Waals surface area contributed by atoms with Crippen molar-refractivity contribution in [2.75, 3.05) is 32.5 Å². The number of amides is 2. The third kappa shape index (κ3) is 5.13. The molecule has 2 N–H and O–H groups in total. The predicted octanol–water partition coefficient (Wildman–Crippen LogP) is 0.665. The Morgan fingerprint density at radius 1 is 1.37 bits per heavy atom. The van der Waals surface area contributed by atoms with Gasteiger partial charge in [0.05, 0.1) is 5.69 Å². The smallest absolute Gasteiger partial charge is 0.267 e. The van der Waals surface area contributed by atoms with Crippen molar-refractivity contribution in [2.24, 2.45) is 7.05 Å². The molecule has 0 aliphatic carbocycles. The lowest BCUT2D eigenvalue weighted by Gasteiger charge is -2.10. The van der Waals surface area contributed by atoms with Crippen LogP contribution in [0.15, 0.2) is 12.3 Å². The van der Waals surface area contributed by atoms with Crippen molar-refractivity contribution < 1.29 is 9.59 Å². The van der Waals surface area contributed by atoms with Gasteiger partial charge in [0.2, 0.25) is 5.91 Å². The molecule has 0 fully saturated rings. The molecule has 0 spiro atoms. The lowest BCUT2D eigenvalue weighted by Crippen LogP contribution is -2.28. The maximum absolute atomic E-state index is 12.0. The van der Waals surface area contributed by atoms with Crippen LogP contribution in [0, 0.1) is 0 Å². The summed E-state index contributed by atoms with van der Waals surface area (Å²) in [4.78, 5) is 25.0. The zero-order valence-electron chi connectivity index (χ0n) is 12.0. The summed E-state index contributed by atoms with van der Waals surface area (Å²) in [5.41, 5.74) is 1.17. The van der Waals surface area contributed by atoms with Crippen LogP contribution in [0.25, 0.3) is 0 Å². The number of hydrogen-bond acceptors (Lipinski definition) is 3. The minimum atomic E-state index is -0.149. The Balaban J connectivity index is 2.52. The van der Waals surface area contributed by atoms with Gasteiger partial charge in [-0.25, -0.2) is 0 Å². The molecule has 0 bridgehead atoms. The van der Waals surface area contributed by atoms with Crippen LogP contribution in [-0.2, 0) is 11.8 Å². The van der Waals surface area contributed by atoms with Crippen molar-refractivity contribution in [2.45, 2.75) is 13.3 Å². The number of aromatic nitrogens is 1. The van der Waals surface area contributed by atoms with Crippen LogP contribution in [0.2, 0.25) is 0 Å². The molecule has 0 radical (unpaired) electrons. The maximum Gasteiger partial charge on any atom is 0.267 e. The fourth-order valence-electron chi connectivity index (χ4n) is 1.75. The first-order valence-electron chi connectivity index (χ1n) is 6.27. The Kier molecular flexibility index (Phi) is 5.57. The summed E-state index contributed by atoms with van der Waals surface area (Å²) in [6, 6.07) is 1.67. The minimum absolute atomic E-state index is 0.127. The Bertz CT molecular complexity index is 451. The van der Waals surface area contributed by atoms with Gasteiger partial charge in [-0.05, 0) is 33.1 Å². The molecule has 1 aromatic heterocycles. The summed E-state index contributed by atoms with van der Waals surface area (Å²) in [7, 11) is 5.78. The van der Waals surface area contributed by atoms with Crippen molar-refractivity contribution in [1.29, 1.82) is 0 Å². The summed E-state index contributed by atoms with van der Waals surface area (Å²) in [6.07, 6.45) is 2.62. The lowest BCUT2D eigenvalue weighted by atomic mass is 10.3. The average molecular weight is 266 g/mol. The molecule has 6 nitrogen and oxygen atoms in total. The zero-order valence-corrected chi connectivity index (χ0v) is 12.0. The largest absolute Gasteiger partial charge is 0.351 e. The Hall–Kier alpha value is -1.82. The first-order chi connectivity index (χ1) is 8.90. The number of anilines is 1. The molecule has 0 aromatic carbocycles. The van der Waals surface area contributed by atoms with Gasteiger partial charge >= 0.3 is 0 Å². The Labute approximate surface area is 113 Å². The van der Waals surface area contributed by atoms with E-state index in [1.807, 2.05) is 14.1 Å². The van der Waals surface area contributed by atoms with Crippen LogP contribution in [-0.4, -0.2) is 48.5 Å². The first kappa shape index (κ1) is 15.2. The number of carbonyl (C=O) groups excluding carboxylic acids is 2. The molecule has 2 amide bonds. The molecule has 106 valence electrons. The van der Waals surface area contributed by atoms with Gasteiger partial charge in [0.15, 0.2) is 0 Å². The van der Waals surface area contributed by atoms with Crippen LogP contribution < -0.4 is 10.6 Å². The molecule has 0 aliphatic rings. The molecule has 1 heterocycles. The van der Waals surface area contributed by atoms with Crippen LogP contribution in [0.1, 0.15) is 23.8 Å². The maximum atomic E-state index is 12.0. The van der Waals surface area contributed by atoms with Gasteiger partial charge in [-0.1, -0.05) is 0 Å². The van der Waals surface area contributed by atoms with Gasteiger partial charge in [0, 0.05) is 26.7 Å². The van der Waals surface area contributed by atoms with E-state index in [9.17, 15) is 9.59 Å². The van der Waals surface area contributed by atoms with Gasteiger partial charge < -0.3 is 20.1 Å². The molecule has 1 rings (SSSR count).